The average molecular weight is 404 g/mol. The number of benzene rings is 2. The summed E-state index contributed by atoms with van der Waals surface area (Å²) in [5.74, 6) is 0.872. The number of oxazole rings is 1. The second-order valence-corrected chi connectivity index (χ2v) is 6.48. The Kier molecular flexibility index (Phi) is 5.17. The van der Waals surface area contributed by atoms with Gasteiger partial charge in [0.15, 0.2) is 10.7 Å². The highest BCUT2D eigenvalue weighted by Gasteiger charge is 2.11. The van der Waals surface area contributed by atoms with Gasteiger partial charge in [0, 0.05) is 29.2 Å². The number of ether oxygens (including phenoxy) is 1. The lowest BCUT2D eigenvalue weighted by Gasteiger charge is -2.09. The van der Waals surface area contributed by atoms with Gasteiger partial charge in [-0.25, -0.2) is 4.98 Å². The molecule has 0 unspecified atom stereocenters. The Morgan fingerprint density at radius 3 is 2.55 bits per heavy atom. The molecule has 1 amide bonds. The first-order valence-corrected chi connectivity index (χ1v) is 9.10. The van der Waals surface area contributed by atoms with E-state index < -0.39 is 0 Å². The smallest absolute Gasteiger partial charge is 0.257 e. The number of thiocarbonyl (C=S) groups is 1. The van der Waals surface area contributed by atoms with E-state index in [1.54, 1.807) is 62.0 Å². The quantitative estimate of drug-likeness (QED) is 0.497. The predicted octanol–water partition coefficient (Wildman–Crippen LogP) is 4.03. The van der Waals surface area contributed by atoms with Gasteiger partial charge in [-0.1, -0.05) is 0 Å². The Bertz CT molecular complexity index is 1170. The predicted molar refractivity (Wildman–Crippen MR) is 114 cm³/mol. The van der Waals surface area contributed by atoms with Crippen molar-refractivity contribution in [2.75, 3.05) is 12.4 Å². The number of carbonyl (C=O) groups is 1. The van der Waals surface area contributed by atoms with Crippen LogP contribution in [0.5, 0.6) is 5.75 Å². The summed E-state index contributed by atoms with van der Waals surface area (Å²) in [6.07, 6.45) is 3.36. The van der Waals surface area contributed by atoms with E-state index in [-0.39, 0.29) is 11.0 Å². The molecule has 0 saturated heterocycles. The van der Waals surface area contributed by atoms with Crippen LogP contribution in [0.15, 0.2) is 71.4 Å². The van der Waals surface area contributed by atoms with E-state index in [4.69, 9.17) is 21.4 Å². The molecule has 2 aromatic heterocycles. The van der Waals surface area contributed by atoms with Crippen LogP contribution in [0, 0.1) is 0 Å². The zero-order valence-corrected chi connectivity index (χ0v) is 16.2. The van der Waals surface area contributed by atoms with Gasteiger partial charge in [-0.05, 0) is 66.8 Å². The molecular formula is C21H16N4O3S. The fraction of sp³-hybridized carbons (Fsp3) is 0.0476. The second kappa shape index (κ2) is 8.07. The van der Waals surface area contributed by atoms with Gasteiger partial charge in [0.1, 0.15) is 11.3 Å². The fourth-order valence-corrected chi connectivity index (χ4v) is 2.91. The SMILES string of the molecule is COc1ccc(C(=O)NC(=S)Nc2ccc3oc(-c4ccncc4)nc3c2)cc1. The Labute approximate surface area is 171 Å². The summed E-state index contributed by atoms with van der Waals surface area (Å²) in [5.41, 5.74) is 3.32. The maximum atomic E-state index is 12.3. The number of pyridine rings is 1. The Morgan fingerprint density at radius 2 is 1.83 bits per heavy atom. The number of nitrogens with one attached hydrogen (secondary N) is 2. The van der Waals surface area contributed by atoms with E-state index in [2.05, 4.69) is 20.6 Å². The van der Waals surface area contributed by atoms with Gasteiger partial charge in [0.25, 0.3) is 5.91 Å². The molecule has 2 aromatic carbocycles. The van der Waals surface area contributed by atoms with E-state index in [9.17, 15) is 4.79 Å². The molecule has 2 heterocycles. The van der Waals surface area contributed by atoms with Crippen LogP contribution in [0.1, 0.15) is 10.4 Å². The van der Waals surface area contributed by atoms with Crippen molar-refractivity contribution in [3.8, 4) is 17.2 Å². The molecule has 2 N–H and O–H groups in total. The van der Waals surface area contributed by atoms with Crippen molar-refractivity contribution in [2.45, 2.75) is 0 Å². The molecule has 29 heavy (non-hydrogen) atoms. The van der Waals surface area contributed by atoms with Crippen LogP contribution in [0.3, 0.4) is 0 Å². The molecule has 4 rings (SSSR count). The summed E-state index contributed by atoms with van der Waals surface area (Å²) >= 11 is 5.25. The summed E-state index contributed by atoms with van der Waals surface area (Å²) in [4.78, 5) is 20.8. The van der Waals surface area contributed by atoms with Crippen LogP contribution in [0.4, 0.5) is 5.69 Å². The van der Waals surface area contributed by atoms with E-state index in [1.807, 2.05) is 12.1 Å². The first-order chi connectivity index (χ1) is 14.1. The highest BCUT2D eigenvalue weighted by atomic mass is 32.1. The van der Waals surface area contributed by atoms with Gasteiger partial charge in [0.05, 0.1) is 7.11 Å². The summed E-state index contributed by atoms with van der Waals surface area (Å²) in [6.45, 7) is 0. The lowest BCUT2D eigenvalue weighted by Crippen LogP contribution is -2.34. The number of amides is 1. The maximum Gasteiger partial charge on any atom is 0.257 e. The number of anilines is 1. The maximum absolute atomic E-state index is 12.3. The molecule has 8 heteroatoms. The Morgan fingerprint density at radius 1 is 1.07 bits per heavy atom. The molecule has 0 fully saturated rings. The Hall–Kier alpha value is -3.78. The van der Waals surface area contributed by atoms with Crippen LogP contribution in [0.2, 0.25) is 0 Å². The van der Waals surface area contributed by atoms with Crippen molar-refractivity contribution < 1.29 is 13.9 Å². The lowest BCUT2D eigenvalue weighted by molar-refractivity contribution is 0.0977. The minimum absolute atomic E-state index is 0.183. The fourth-order valence-electron chi connectivity index (χ4n) is 2.70. The van der Waals surface area contributed by atoms with E-state index in [0.717, 1.165) is 5.56 Å². The topological polar surface area (TPSA) is 89.3 Å². The third-order valence-electron chi connectivity index (χ3n) is 4.15. The monoisotopic (exact) mass is 404 g/mol. The summed E-state index contributed by atoms with van der Waals surface area (Å²) in [6, 6.07) is 15.8. The molecule has 0 saturated carbocycles. The highest BCUT2D eigenvalue weighted by Crippen LogP contribution is 2.25. The number of fused-ring (bicyclic) bond motifs is 1. The van der Waals surface area contributed by atoms with Crippen LogP contribution < -0.4 is 15.4 Å². The number of rotatable bonds is 4. The van der Waals surface area contributed by atoms with Gasteiger partial charge >= 0.3 is 0 Å². The zero-order valence-electron chi connectivity index (χ0n) is 15.4. The van der Waals surface area contributed by atoms with Crippen molar-refractivity contribution in [2.24, 2.45) is 0 Å². The summed E-state index contributed by atoms with van der Waals surface area (Å²) in [7, 11) is 1.57. The number of hydrogen-bond donors (Lipinski definition) is 2. The van der Waals surface area contributed by atoms with Crippen molar-refractivity contribution in [3.05, 3.63) is 72.6 Å². The molecule has 0 aliphatic heterocycles. The zero-order chi connectivity index (χ0) is 20.2. The van der Waals surface area contributed by atoms with Crippen molar-refractivity contribution >= 4 is 40.0 Å². The number of hydrogen-bond acceptors (Lipinski definition) is 6. The van der Waals surface area contributed by atoms with Crippen LogP contribution >= 0.6 is 12.2 Å². The van der Waals surface area contributed by atoms with Gasteiger partial charge < -0.3 is 14.5 Å². The van der Waals surface area contributed by atoms with Gasteiger partial charge in [-0.15, -0.1) is 0 Å². The minimum Gasteiger partial charge on any atom is -0.497 e. The van der Waals surface area contributed by atoms with Crippen molar-refractivity contribution in [1.29, 1.82) is 0 Å². The molecule has 0 atom stereocenters. The minimum atomic E-state index is -0.312. The number of nitrogens with zero attached hydrogens (tertiary/aromatic N) is 2. The largest absolute Gasteiger partial charge is 0.497 e. The van der Waals surface area contributed by atoms with E-state index in [1.165, 1.54) is 0 Å². The van der Waals surface area contributed by atoms with E-state index >= 15 is 0 Å². The molecule has 144 valence electrons. The molecule has 7 nitrogen and oxygen atoms in total. The van der Waals surface area contributed by atoms with Gasteiger partial charge in [-0.2, -0.15) is 0 Å². The van der Waals surface area contributed by atoms with Crippen LogP contribution in [0.25, 0.3) is 22.6 Å². The second-order valence-electron chi connectivity index (χ2n) is 6.07. The average Bonchev–Trinajstić information content (AvgIpc) is 3.18. The van der Waals surface area contributed by atoms with Crippen molar-refractivity contribution in [1.82, 2.24) is 15.3 Å². The molecule has 0 spiro atoms. The molecule has 0 radical (unpaired) electrons. The third-order valence-corrected chi connectivity index (χ3v) is 4.36. The number of methoxy groups -OCH3 is 1. The Balaban J connectivity index is 1.45. The molecule has 4 aromatic rings. The molecule has 0 aliphatic carbocycles. The van der Waals surface area contributed by atoms with Gasteiger partial charge in [0.2, 0.25) is 5.89 Å². The number of carbonyl (C=O) groups excluding carboxylic acids is 1. The summed E-state index contributed by atoms with van der Waals surface area (Å²) < 4.78 is 10.9. The lowest BCUT2D eigenvalue weighted by atomic mass is 10.2. The van der Waals surface area contributed by atoms with Gasteiger partial charge in [-0.3, -0.25) is 15.1 Å². The van der Waals surface area contributed by atoms with Crippen LogP contribution in [-0.2, 0) is 0 Å². The van der Waals surface area contributed by atoms with Crippen LogP contribution in [-0.4, -0.2) is 28.1 Å². The summed E-state index contributed by atoms with van der Waals surface area (Å²) in [5, 5.41) is 5.82. The molecule has 0 aliphatic rings. The molecular weight excluding hydrogens is 388 g/mol. The first-order valence-electron chi connectivity index (χ1n) is 8.70. The normalized spacial score (nSPS) is 10.5. The number of aromatic nitrogens is 2. The van der Waals surface area contributed by atoms with E-state index in [0.29, 0.717) is 34.0 Å². The standard InChI is InChI=1S/C21H16N4O3S/c1-27-16-5-2-13(3-6-16)19(26)25-21(29)23-15-4-7-18-17(12-15)24-20(28-18)14-8-10-22-11-9-14/h2-12H,1H3,(H2,23,25,26,29). The molecule has 0 bridgehead atoms. The first kappa shape index (κ1) is 18.6. The van der Waals surface area contributed by atoms with Crippen molar-refractivity contribution in [3.63, 3.8) is 0 Å². The highest BCUT2D eigenvalue weighted by molar-refractivity contribution is 7.80. The third kappa shape index (κ3) is 4.22.